The maximum atomic E-state index is 9.31. The summed E-state index contributed by atoms with van der Waals surface area (Å²) in [6.07, 6.45) is -9.26. The largest absolute Gasteiger partial charge is 0.394 e. The summed E-state index contributed by atoms with van der Waals surface area (Å²) in [5.74, 6) is 0. The molecule has 0 aliphatic carbocycles. The normalized spacial score (nSPS) is 46.3. The Balaban J connectivity index is 2.70. The molecule has 0 bridgehead atoms. The lowest BCUT2D eigenvalue weighted by molar-refractivity contribution is -0.298. The zero-order valence-corrected chi connectivity index (χ0v) is 7.26. The summed E-state index contributed by atoms with van der Waals surface area (Å²) in [5, 5.41) is 54.3. The molecule has 6 atom stereocenters. The molecule has 1 aliphatic heterocycles. The lowest BCUT2D eigenvalue weighted by Gasteiger charge is -2.39. The van der Waals surface area contributed by atoms with Crippen LogP contribution in [0.25, 0.3) is 0 Å². The highest BCUT2D eigenvalue weighted by atomic mass is 16.6. The lowest BCUT2D eigenvalue weighted by Crippen LogP contribution is -2.61. The first-order chi connectivity index (χ1) is 6.49. The molecular formula is C7H14O7. The first kappa shape index (κ1) is 11.8. The van der Waals surface area contributed by atoms with Gasteiger partial charge in [0.05, 0.1) is 6.61 Å². The molecular weight excluding hydrogens is 196 g/mol. The van der Waals surface area contributed by atoms with Crippen molar-refractivity contribution in [2.75, 3.05) is 6.61 Å². The second-order valence-electron chi connectivity index (χ2n) is 3.21. The second kappa shape index (κ2) is 4.49. The maximum Gasteiger partial charge on any atom is 0.184 e. The predicted molar refractivity (Wildman–Crippen MR) is 42.0 cm³/mol. The van der Waals surface area contributed by atoms with E-state index in [4.69, 9.17) is 20.4 Å². The van der Waals surface area contributed by atoms with E-state index in [0.717, 1.165) is 0 Å². The molecule has 6 N–H and O–H groups in total. The van der Waals surface area contributed by atoms with Crippen molar-refractivity contribution >= 4 is 0 Å². The van der Waals surface area contributed by atoms with Crippen LogP contribution in [0.3, 0.4) is 0 Å². The third kappa shape index (κ3) is 2.04. The number of rotatable bonds is 2. The average molecular weight is 210 g/mol. The van der Waals surface area contributed by atoms with Gasteiger partial charge in [0.25, 0.3) is 0 Å². The van der Waals surface area contributed by atoms with Gasteiger partial charge in [-0.25, -0.2) is 0 Å². The van der Waals surface area contributed by atoms with E-state index in [1.54, 1.807) is 0 Å². The fourth-order valence-corrected chi connectivity index (χ4v) is 1.31. The van der Waals surface area contributed by atoms with Crippen molar-refractivity contribution in [1.29, 1.82) is 0 Å². The van der Waals surface area contributed by atoms with E-state index in [1.807, 2.05) is 0 Å². The van der Waals surface area contributed by atoms with Gasteiger partial charge in [0, 0.05) is 0 Å². The Kier molecular flexibility index (Phi) is 3.78. The van der Waals surface area contributed by atoms with Gasteiger partial charge in [-0.15, -0.1) is 0 Å². The van der Waals surface area contributed by atoms with E-state index >= 15 is 0 Å². The molecule has 1 heterocycles. The number of aliphatic hydroxyl groups excluding tert-OH is 6. The van der Waals surface area contributed by atoms with E-state index < -0.39 is 43.4 Å². The molecule has 1 aliphatic rings. The molecule has 0 radical (unpaired) electrons. The van der Waals surface area contributed by atoms with E-state index in [2.05, 4.69) is 4.74 Å². The summed E-state index contributed by atoms with van der Waals surface area (Å²) in [5.41, 5.74) is 0. The van der Waals surface area contributed by atoms with Crippen molar-refractivity contribution in [3.05, 3.63) is 0 Å². The average Bonchev–Trinajstić information content (AvgIpc) is 2.19. The Bertz CT molecular complexity index is 187. The smallest absolute Gasteiger partial charge is 0.184 e. The first-order valence-electron chi connectivity index (χ1n) is 4.15. The Labute approximate surface area is 79.8 Å². The molecule has 0 aromatic carbocycles. The number of aliphatic hydroxyl groups is 6. The van der Waals surface area contributed by atoms with Crippen LogP contribution in [0.4, 0.5) is 0 Å². The van der Waals surface area contributed by atoms with Crippen molar-refractivity contribution in [2.24, 2.45) is 0 Å². The molecule has 0 spiro atoms. The van der Waals surface area contributed by atoms with Crippen molar-refractivity contribution in [3.63, 3.8) is 0 Å². The Morgan fingerprint density at radius 3 is 2.07 bits per heavy atom. The van der Waals surface area contributed by atoms with Gasteiger partial charge in [0.1, 0.15) is 30.5 Å². The molecule has 1 saturated heterocycles. The van der Waals surface area contributed by atoms with Gasteiger partial charge in [0.2, 0.25) is 0 Å². The molecule has 0 aromatic heterocycles. The van der Waals surface area contributed by atoms with Gasteiger partial charge in [-0.05, 0) is 0 Å². The molecule has 1 rings (SSSR count). The standard InChI is InChI=1S/C7H14O7/c8-1-2(9)6-4(11)3(10)5(12)7(13)14-6/h2-13H,1H2/t2-,3-,4+,5-,6+,7+/m1/s1. The van der Waals surface area contributed by atoms with Gasteiger partial charge >= 0.3 is 0 Å². The van der Waals surface area contributed by atoms with Crippen LogP contribution in [0.5, 0.6) is 0 Å². The summed E-state index contributed by atoms with van der Waals surface area (Å²) >= 11 is 0. The van der Waals surface area contributed by atoms with E-state index in [9.17, 15) is 10.2 Å². The minimum Gasteiger partial charge on any atom is -0.394 e. The Morgan fingerprint density at radius 1 is 1.00 bits per heavy atom. The first-order valence-corrected chi connectivity index (χ1v) is 4.15. The monoisotopic (exact) mass is 210 g/mol. The van der Waals surface area contributed by atoms with Crippen molar-refractivity contribution in [1.82, 2.24) is 0 Å². The predicted octanol–water partition coefficient (Wildman–Crippen LogP) is -3.86. The van der Waals surface area contributed by atoms with Crippen molar-refractivity contribution in [2.45, 2.75) is 36.8 Å². The van der Waals surface area contributed by atoms with Crippen LogP contribution >= 0.6 is 0 Å². The highest BCUT2D eigenvalue weighted by Gasteiger charge is 2.45. The number of hydrogen-bond donors (Lipinski definition) is 6. The van der Waals surface area contributed by atoms with E-state index in [0.29, 0.717) is 0 Å². The molecule has 84 valence electrons. The topological polar surface area (TPSA) is 131 Å². The summed E-state index contributed by atoms with van der Waals surface area (Å²) in [6.45, 7) is -0.683. The molecule has 1 fully saturated rings. The highest BCUT2D eigenvalue weighted by Crippen LogP contribution is 2.21. The van der Waals surface area contributed by atoms with Crippen LogP contribution in [-0.4, -0.2) is 74.1 Å². The molecule has 0 aromatic rings. The van der Waals surface area contributed by atoms with Gasteiger partial charge in [-0.3, -0.25) is 0 Å². The molecule has 7 heteroatoms. The van der Waals surface area contributed by atoms with Crippen LogP contribution in [0.2, 0.25) is 0 Å². The highest BCUT2D eigenvalue weighted by molar-refractivity contribution is 4.91. The van der Waals surface area contributed by atoms with Crippen LogP contribution in [0, 0.1) is 0 Å². The van der Waals surface area contributed by atoms with Gasteiger partial charge < -0.3 is 35.4 Å². The minimum absolute atomic E-state index is 0.683. The number of ether oxygens (including phenoxy) is 1. The zero-order chi connectivity index (χ0) is 10.9. The molecule has 0 saturated carbocycles. The van der Waals surface area contributed by atoms with Crippen LogP contribution in [-0.2, 0) is 4.74 Å². The second-order valence-corrected chi connectivity index (χ2v) is 3.21. The van der Waals surface area contributed by atoms with Crippen molar-refractivity contribution in [3.8, 4) is 0 Å². The summed E-state index contributed by atoms with van der Waals surface area (Å²) in [4.78, 5) is 0. The maximum absolute atomic E-state index is 9.31. The van der Waals surface area contributed by atoms with E-state index in [1.165, 1.54) is 0 Å². The van der Waals surface area contributed by atoms with E-state index in [-0.39, 0.29) is 0 Å². The minimum atomic E-state index is -1.69. The summed E-state index contributed by atoms with van der Waals surface area (Å²) in [7, 11) is 0. The Hall–Kier alpha value is -0.280. The Morgan fingerprint density at radius 2 is 1.57 bits per heavy atom. The number of hydrogen-bond acceptors (Lipinski definition) is 7. The SMILES string of the molecule is OC[C@@H](O)[C@@H]1O[C@H](O)[C@H](O)[C@H](O)[C@@H]1O. The quantitative estimate of drug-likeness (QED) is 0.275. The molecule has 14 heavy (non-hydrogen) atoms. The zero-order valence-electron chi connectivity index (χ0n) is 7.26. The molecule has 0 unspecified atom stereocenters. The van der Waals surface area contributed by atoms with Crippen LogP contribution < -0.4 is 0 Å². The third-order valence-corrected chi connectivity index (χ3v) is 2.19. The summed E-state index contributed by atoms with van der Waals surface area (Å²) < 4.78 is 4.62. The van der Waals surface area contributed by atoms with Crippen LogP contribution in [0.1, 0.15) is 0 Å². The lowest BCUT2D eigenvalue weighted by atomic mass is 9.96. The van der Waals surface area contributed by atoms with Gasteiger partial charge in [-0.1, -0.05) is 0 Å². The summed E-state index contributed by atoms with van der Waals surface area (Å²) in [6, 6.07) is 0. The van der Waals surface area contributed by atoms with Gasteiger partial charge in [0.15, 0.2) is 6.29 Å². The molecule has 7 nitrogen and oxygen atoms in total. The van der Waals surface area contributed by atoms with Gasteiger partial charge in [-0.2, -0.15) is 0 Å². The van der Waals surface area contributed by atoms with Crippen molar-refractivity contribution < 1.29 is 35.4 Å². The third-order valence-electron chi connectivity index (χ3n) is 2.19. The fraction of sp³-hybridized carbons (Fsp3) is 1.00. The molecule has 0 amide bonds. The fourth-order valence-electron chi connectivity index (χ4n) is 1.31. The van der Waals surface area contributed by atoms with Crippen LogP contribution in [0.15, 0.2) is 0 Å².